The summed E-state index contributed by atoms with van der Waals surface area (Å²) in [5, 5.41) is 13.0. The normalized spacial score (nSPS) is 12.2. The summed E-state index contributed by atoms with van der Waals surface area (Å²) in [6, 6.07) is 19.8. The van der Waals surface area contributed by atoms with Crippen LogP contribution in [0.4, 0.5) is 0 Å². The van der Waals surface area contributed by atoms with E-state index in [-0.39, 0.29) is 17.7 Å². The number of halogens is 2. The van der Waals surface area contributed by atoms with E-state index in [0.29, 0.717) is 15.6 Å². The minimum Gasteiger partial charge on any atom is -0.478 e. The van der Waals surface area contributed by atoms with Crippen LogP contribution in [0.15, 0.2) is 78.9 Å². The number of carboxylic acids is 1. The van der Waals surface area contributed by atoms with Crippen LogP contribution in [0.5, 0.6) is 0 Å². The molecule has 8 nitrogen and oxygen atoms in total. The lowest BCUT2D eigenvalue weighted by molar-refractivity contribution is -0.159. The number of aliphatic carboxylic acids is 1. The fourth-order valence-electron chi connectivity index (χ4n) is 2.92. The van der Waals surface area contributed by atoms with Gasteiger partial charge in [0.05, 0.1) is 11.1 Å². The average molecular weight is 516 g/mol. The number of carbonyl (C=O) groups is 4. The van der Waals surface area contributed by atoms with Crippen LogP contribution in [0.3, 0.4) is 0 Å². The lowest BCUT2D eigenvalue weighted by atomic mass is 10.1. The van der Waals surface area contributed by atoms with E-state index in [2.05, 4.69) is 5.32 Å². The van der Waals surface area contributed by atoms with E-state index in [0.717, 1.165) is 0 Å². The first kappa shape index (κ1) is 25.7. The van der Waals surface area contributed by atoms with E-state index >= 15 is 0 Å². The molecular weight excluding hydrogens is 497 g/mol. The van der Waals surface area contributed by atoms with E-state index in [4.69, 9.17) is 32.7 Å². The first-order valence-electron chi connectivity index (χ1n) is 10.2. The van der Waals surface area contributed by atoms with Crippen LogP contribution in [0.25, 0.3) is 0 Å². The molecule has 3 rings (SSSR count). The number of nitrogens with one attached hydrogen (secondary N) is 1. The molecule has 0 saturated heterocycles. The van der Waals surface area contributed by atoms with Crippen molar-refractivity contribution >= 4 is 47.0 Å². The van der Waals surface area contributed by atoms with Crippen LogP contribution in [-0.2, 0) is 25.6 Å². The van der Waals surface area contributed by atoms with Gasteiger partial charge in [-0.05, 0) is 54.1 Å². The molecule has 0 heterocycles. The fourth-order valence-corrected chi connectivity index (χ4v) is 3.17. The van der Waals surface area contributed by atoms with Gasteiger partial charge in [0.1, 0.15) is 0 Å². The second-order valence-electron chi connectivity index (χ2n) is 7.21. The summed E-state index contributed by atoms with van der Waals surface area (Å²) in [7, 11) is 0. The van der Waals surface area contributed by atoms with Gasteiger partial charge in [0.2, 0.25) is 12.2 Å². The molecule has 2 N–H and O–H groups in total. The molecule has 0 radical (unpaired) electrons. The van der Waals surface area contributed by atoms with Gasteiger partial charge < -0.3 is 19.9 Å². The Morgan fingerprint density at radius 3 is 1.63 bits per heavy atom. The van der Waals surface area contributed by atoms with Crippen LogP contribution in [0.2, 0.25) is 10.0 Å². The summed E-state index contributed by atoms with van der Waals surface area (Å²) in [6.07, 6.45) is -4.12. The van der Waals surface area contributed by atoms with E-state index in [9.17, 15) is 24.3 Å². The van der Waals surface area contributed by atoms with Crippen molar-refractivity contribution in [1.82, 2.24) is 5.32 Å². The third kappa shape index (κ3) is 7.30. The molecule has 180 valence electrons. The van der Waals surface area contributed by atoms with Gasteiger partial charge in [-0.1, -0.05) is 53.5 Å². The predicted octanol–water partition coefficient (Wildman–Crippen LogP) is 4.15. The number of carbonyl (C=O) groups excluding carboxylic acids is 3. The number of carboxylic acid groups (broad SMARTS) is 1. The molecule has 0 aliphatic heterocycles. The van der Waals surface area contributed by atoms with Crippen molar-refractivity contribution in [2.24, 2.45) is 0 Å². The van der Waals surface area contributed by atoms with Gasteiger partial charge >= 0.3 is 17.9 Å². The van der Waals surface area contributed by atoms with Crippen LogP contribution < -0.4 is 5.32 Å². The minimum atomic E-state index is -2.13. The van der Waals surface area contributed by atoms with Crippen molar-refractivity contribution in [3.05, 3.63) is 106 Å². The van der Waals surface area contributed by atoms with Crippen LogP contribution >= 0.6 is 23.2 Å². The number of esters is 2. The maximum Gasteiger partial charge on any atom is 0.349 e. The third-order valence-electron chi connectivity index (χ3n) is 4.71. The molecule has 0 saturated carbocycles. The zero-order valence-electron chi connectivity index (χ0n) is 18.0. The summed E-state index contributed by atoms with van der Waals surface area (Å²) >= 11 is 11.6. The third-order valence-corrected chi connectivity index (χ3v) is 5.22. The van der Waals surface area contributed by atoms with Crippen molar-refractivity contribution in [1.29, 1.82) is 0 Å². The highest BCUT2D eigenvalue weighted by Crippen LogP contribution is 2.17. The lowest BCUT2D eigenvalue weighted by Crippen LogP contribution is -2.50. The molecule has 3 aromatic carbocycles. The Hall–Kier alpha value is -3.88. The Balaban J connectivity index is 1.85. The molecule has 10 heteroatoms. The van der Waals surface area contributed by atoms with Gasteiger partial charge in [0, 0.05) is 16.6 Å². The highest BCUT2D eigenvalue weighted by molar-refractivity contribution is 6.31. The largest absolute Gasteiger partial charge is 0.478 e. The van der Waals surface area contributed by atoms with Gasteiger partial charge in [0.15, 0.2) is 0 Å². The molecular formula is C25H19Cl2NO7. The van der Waals surface area contributed by atoms with E-state index in [1.165, 1.54) is 48.5 Å². The van der Waals surface area contributed by atoms with Crippen molar-refractivity contribution in [3.8, 4) is 0 Å². The molecule has 0 aliphatic rings. The first-order chi connectivity index (χ1) is 16.7. The molecule has 0 spiro atoms. The number of benzene rings is 3. The summed E-state index contributed by atoms with van der Waals surface area (Å²) in [4.78, 5) is 50.2. The maximum absolute atomic E-state index is 13.0. The fraction of sp³-hybridized carbons (Fsp3) is 0.120. The highest BCUT2D eigenvalue weighted by Gasteiger charge is 2.40. The number of hydrogen-bond donors (Lipinski definition) is 2. The first-order valence-corrected chi connectivity index (χ1v) is 11.0. The number of amides is 1. The van der Waals surface area contributed by atoms with Gasteiger partial charge in [-0.2, -0.15) is 0 Å². The standard InChI is InChI=1S/C25H19Cl2NO7/c26-18-10-6-16(7-11-18)24(32)34-20(22(29)28-14-15-4-2-1-3-5-15)21(23(30)31)35-25(33)17-8-12-19(27)13-9-17/h1-13,20-21H,14H2,(H,28,29)(H,30,31)/t20-,21-/m1/s1. The van der Waals surface area contributed by atoms with Gasteiger partial charge in [0.25, 0.3) is 5.91 Å². The smallest absolute Gasteiger partial charge is 0.349 e. The Labute approximate surface area is 210 Å². The second kappa shape index (κ2) is 12.0. The molecule has 0 aromatic heterocycles. The maximum atomic E-state index is 13.0. The van der Waals surface area contributed by atoms with Crippen LogP contribution in [0.1, 0.15) is 26.3 Å². The highest BCUT2D eigenvalue weighted by atomic mass is 35.5. The van der Waals surface area contributed by atoms with Crippen molar-refractivity contribution in [2.45, 2.75) is 18.8 Å². The zero-order chi connectivity index (χ0) is 25.4. The van der Waals surface area contributed by atoms with Gasteiger partial charge in [-0.25, -0.2) is 14.4 Å². The Kier molecular flexibility index (Phi) is 8.83. The molecule has 0 bridgehead atoms. The van der Waals surface area contributed by atoms with Gasteiger partial charge in [-0.3, -0.25) is 4.79 Å². The quantitative estimate of drug-likeness (QED) is 0.411. The number of hydrogen-bond acceptors (Lipinski definition) is 6. The van der Waals surface area contributed by atoms with Gasteiger partial charge in [-0.15, -0.1) is 0 Å². The second-order valence-corrected chi connectivity index (χ2v) is 8.08. The molecule has 0 aliphatic carbocycles. The summed E-state index contributed by atoms with van der Waals surface area (Å²) in [5.41, 5.74) is 0.727. The number of rotatable bonds is 9. The zero-order valence-corrected chi connectivity index (χ0v) is 19.5. The SMILES string of the molecule is O=C(O[C@@H](C(=O)O)[C@@H](OC(=O)c1ccc(Cl)cc1)C(=O)NCc1ccccc1)c1ccc(Cl)cc1. The summed E-state index contributed by atoms with van der Waals surface area (Å²) in [6.45, 7) is 0.0200. The van der Waals surface area contributed by atoms with Crippen LogP contribution in [-0.4, -0.2) is 41.1 Å². The monoisotopic (exact) mass is 515 g/mol. The average Bonchev–Trinajstić information content (AvgIpc) is 2.85. The van der Waals surface area contributed by atoms with E-state index < -0.39 is 36.0 Å². The number of ether oxygens (including phenoxy) is 2. The lowest BCUT2D eigenvalue weighted by Gasteiger charge is -2.23. The van der Waals surface area contributed by atoms with Crippen LogP contribution in [0, 0.1) is 0 Å². The molecule has 0 fully saturated rings. The summed E-state index contributed by atoms with van der Waals surface area (Å²) < 4.78 is 10.3. The Morgan fingerprint density at radius 2 is 1.17 bits per heavy atom. The molecule has 3 aromatic rings. The Bertz CT molecular complexity index is 1200. The minimum absolute atomic E-state index is 0.00637. The topological polar surface area (TPSA) is 119 Å². The molecule has 35 heavy (non-hydrogen) atoms. The van der Waals surface area contributed by atoms with Crippen molar-refractivity contribution in [2.75, 3.05) is 0 Å². The summed E-state index contributed by atoms with van der Waals surface area (Å²) in [5.74, 6) is -4.70. The van der Waals surface area contributed by atoms with Crippen molar-refractivity contribution < 1.29 is 33.8 Å². The predicted molar refractivity (Wildman–Crippen MR) is 127 cm³/mol. The molecule has 1 amide bonds. The van der Waals surface area contributed by atoms with E-state index in [1.54, 1.807) is 30.3 Å². The molecule has 0 unspecified atom stereocenters. The van der Waals surface area contributed by atoms with E-state index in [1.807, 2.05) is 0 Å². The Morgan fingerprint density at radius 1 is 0.714 bits per heavy atom. The molecule has 2 atom stereocenters. The van der Waals surface area contributed by atoms with Crippen molar-refractivity contribution in [3.63, 3.8) is 0 Å².